The zero-order valence-corrected chi connectivity index (χ0v) is 14.6. The number of carbonyl (C=O) groups excluding carboxylic acids is 1. The van der Waals surface area contributed by atoms with Crippen LogP contribution in [0.4, 0.5) is 10.5 Å². The Morgan fingerprint density at radius 3 is 2.33 bits per heavy atom. The number of rotatable bonds is 6. The van der Waals surface area contributed by atoms with Gasteiger partial charge in [-0.3, -0.25) is 0 Å². The van der Waals surface area contributed by atoms with Crippen molar-refractivity contribution in [1.82, 2.24) is 5.32 Å². The average Bonchev–Trinajstić information content (AvgIpc) is 2.57. The molecule has 2 aromatic rings. The number of nitrogens with one attached hydrogen (secondary N) is 2. The first-order chi connectivity index (χ1) is 11.5. The number of urea groups is 1. The molecule has 0 aliphatic heterocycles. The van der Waals surface area contributed by atoms with Gasteiger partial charge in [-0.15, -0.1) is 0 Å². The summed E-state index contributed by atoms with van der Waals surface area (Å²) in [5, 5.41) is 6.20. The molecule has 2 rings (SSSR count). The van der Waals surface area contributed by atoms with Crippen LogP contribution < -0.4 is 24.8 Å². The van der Waals surface area contributed by atoms with Crippen LogP contribution in [-0.2, 0) is 0 Å². The van der Waals surface area contributed by atoms with E-state index in [1.807, 2.05) is 0 Å². The van der Waals surface area contributed by atoms with Crippen LogP contribution >= 0.6 is 23.2 Å². The van der Waals surface area contributed by atoms with Gasteiger partial charge in [-0.2, -0.15) is 0 Å². The first-order valence-electron chi connectivity index (χ1n) is 6.88. The van der Waals surface area contributed by atoms with Crippen LogP contribution in [-0.4, -0.2) is 27.0 Å². The normalized spacial score (nSPS) is 10.0. The van der Waals surface area contributed by atoms with Crippen molar-refractivity contribution < 1.29 is 19.0 Å². The molecule has 2 N–H and O–H groups in total. The zero-order chi connectivity index (χ0) is 17.5. The minimum absolute atomic E-state index is 0.0134. The molecular weight excluding hydrogens is 355 g/mol. The summed E-state index contributed by atoms with van der Waals surface area (Å²) in [6.07, 6.45) is 0. The number of hydrogen-bond donors (Lipinski definition) is 2. The number of ether oxygens (including phenoxy) is 3. The molecule has 0 heterocycles. The van der Waals surface area contributed by atoms with E-state index >= 15 is 0 Å². The number of carbonyl (C=O) groups is 1. The summed E-state index contributed by atoms with van der Waals surface area (Å²) in [7, 11) is 2.96. The molecule has 6 nitrogen and oxygen atoms in total. The lowest BCUT2D eigenvalue weighted by Gasteiger charge is -2.14. The number of halogens is 2. The molecule has 0 bridgehead atoms. The number of methoxy groups -OCH3 is 2. The van der Waals surface area contributed by atoms with Gasteiger partial charge in [0, 0.05) is 17.2 Å². The van der Waals surface area contributed by atoms with Crippen molar-refractivity contribution in [2.45, 2.75) is 0 Å². The quantitative estimate of drug-likeness (QED) is 0.748. The summed E-state index contributed by atoms with van der Waals surface area (Å²) >= 11 is 11.8. The van der Waals surface area contributed by atoms with Gasteiger partial charge in [0.1, 0.15) is 17.2 Å². The first-order valence-corrected chi connectivity index (χ1v) is 7.64. The summed E-state index contributed by atoms with van der Waals surface area (Å²) in [6, 6.07) is 9.46. The highest BCUT2D eigenvalue weighted by Crippen LogP contribution is 2.35. The molecule has 128 valence electrons. The second-order valence-corrected chi connectivity index (χ2v) is 5.40. The monoisotopic (exact) mass is 370 g/mol. The Bertz CT molecular complexity index is 708. The molecule has 2 amide bonds. The van der Waals surface area contributed by atoms with Crippen molar-refractivity contribution in [3.05, 3.63) is 46.4 Å². The maximum Gasteiger partial charge on any atom is 0.321 e. The van der Waals surface area contributed by atoms with Crippen LogP contribution in [0.2, 0.25) is 10.0 Å². The molecule has 24 heavy (non-hydrogen) atoms. The van der Waals surface area contributed by atoms with Gasteiger partial charge in [-0.05, 0) is 24.3 Å². The summed E-state index contributed by atoms with van der Waals surface area (Å²) in [5.41, 5.74) is 0.419. The van der Waals surface area contributed by atoms with Gasteiger partial charge in [0.05, 0.1) is 24.9 Å². The SMILES string of the molecule is COc1cc(NC(=O)NCOc2ccc(Cl)cc2)c(OC)cc1Cl. The van der Waals surface area contributed by atoms with Crippen molar-refractivity contribution in [2.24, 2.45) is 0 Å². The molecule has 0 aliphatic rings. The average molecular weight is 371 g/mol. The molecule has 0 unspecified atom stereocenters. The molecule has 0 saturated heterocycles. The van der Waals surface area contributed by atoms with Gasteiger partial charge in [-0.1, -0.05) is 23.2 Å². The number of hydrogen-bond acceptors (Lipinski definition) is 4. The van der Waals surface area contributed by atoms with Crippen LogP contribution in [0.1, 0.15) is 0 Å². The summed E-state index contributed by atoms with van der Waals surface area (Å²) in [5.74, 6) is 1.42. The Kier molecular flexibility index (Phi) is 6.40. The Hall–Kier alpha value is -2.31. The summed E-state index contributed by atoms with van der Waals surface area (Å²) in [6.45, 7) is -0.0134. The highest BCUT2D eigenvalue weighted by atomic mass is 35.5. The molecule has 0 fully saturated rings. The third-order valence-corrected chi connectivity index (χ3v) is 3.55. The second-order valence-electron chi connectivity index (χ2n) is 4.56. The van der Waals surface area contributed by atoms with Crippen LogP contribution in [0.15, 0.2) is 36.4 Å². The van der Waals surface area contributed by atoms with Gasteiger partial charge in [0.25, 0.3) is 0 Å². The van der Waals surface area contributed by atoms with Crippen LogP contribution in [0, 0.1) is 0 Å². The largest absolute Gasteiger partial charge is 0.495 e. The minimum atomic E-state index is -0.466. The smallest absolute Gasteiger partial charge is 0.321 e. The Labute approximate surface area is 149 Å². The maximum absolute atomic E-state index is 12.0. The highest BCUT2D eigenvalue weighted by molar-refractivity contribution is 6.32. The lowest BCUT2D eigenvalue weighted by Crippen LogP contribution is -2.32. The predicted molar refractivity (Wildman–Crippen MR) is 93.7 cm³/mol. The van der Waals surface area contributed by atoms with Gasteiger partial charge >= 0.3 is 6.03 Å². The first kappa shape index (κ1) is 18.0. The highest BCUT2D eigenvalue weighted by Gasteiger charge is 2.12. The van der Waals surface area contributed by atoms with Crippen LogP contribution in [0.5, 0.6) is 17.2 Å². The van der Waals surface area contributed by atoms with Crippen LogP contribution in [0.3, 0.4) is 0 Å². The fourth-order valence-corrected chi connectivity index (χ4v) is 2.20. The number of amides is 2. The Balaban J connectivity index is 1.93. The Morgan fingerprint density at radius 1 is 1.04 bits per heavy atom. The predicted octanol–water partition coefficient (Wildman–Crippen LogP) is 4.17. The molecule has 0 atom stereocenters. The molecule has 2 aromatic carbocycles. The van der Waals surface area contributed by atoms with Gasteiger partial charge < -0.3 is 24.8 Å². The zero-order valence-electron chi connectivity index (χ0n) is 13.1. The van der Waals surface area contributed by atoms with Crippen LogP contribution in [0.25, 0.3) is 0 Å². The molecule has 0 radical (unpaired) electrons. The van der Waals surface area contributed by atoms with E-state index in [9.17, 15) is 4.79 Å². The molecule has 0 saturated carbocycles. The van der Waals surface area contributed by atoms with Gasteiger partial charge in [-0.25, -0.2) is 4.79 Å². The van der Waals surface area contributed by atoms with E-state index < -0.39 is 6.03 Å². The van der Waals surface area contributed by atoms with E-state index in [0.29, 0.717) is 33.0 Å². The second kappa shape index (κ2) is 8.52. The van der Waals surface area contributed by atoms with Crippen molar-refractivity contribution >= 4 is 34.9 Å². The molecule has 0 aliphatic carbocycles. The van der Waals surface area contributed by atoms with E-state index in [-0.39, 0.29) is 6.73 Å². The van der Waals surface area contributed by atoms with E-state index in [1.54, 1.807) is 36.4 Å². The molecule has 8 heteroatoms. The van der Waals surface area contributed by atoms with Crippen molar-refractivity contribution in [3.8, 4) is 17.2 Å². The summed E-state index contributed by atoms with van der Waals surface area (Å²) < 4.78 is 15.7. The third kappa shape index (κ3) is 4.84. The maximum atomic E-state index is 12.0. The number of benzene rings is 2. The summed E-state index contributed by atoms with van der Waals surface area (Å²) in [4.78, 5) is 12.0. The van der Waals surface area contributed by atoms with Crippen molar-refractivity contribution in [3.63, 3.8) is 0 Å². The minimum Gasteiger partial charge on any atom is -0.495 e. The van der Waals surface area contributed by atoms with E-state index in [1.165, 1.54) is 14.2 Å². The molecule has 0 aromatic heterocycles. The standard InChI is InChI=1S/C16H16Cl2N2O4/c1-22-14-8-13(15(23-2)7-12(14)18)20-16(21)19-9-24-11-5-3-10(17)4-6-11/h3-8H,9H2,1-2H3,(H2,19,20,21). The van der Waals surface area contributed by atoms with E-state index in [4.69, 9.17) is 37.4 Å². The number of anilines is 1. The van der Waals surface area contributed by atoms with Crippen molar-refractivity contribution in [1.29, 1.82) is 0 Å². The third-order valence-electron chi connectivity index (χ3n) is 3.01. The van der Waals surface area contributed by atoms with E-state index in [0.717, 1.165) is 0 Å². The molecular formula is C16H16Cl2N2O4. The van der Waals surface area contributed by atoms with Crippen molar-refractivity contribution in [2.75, 3.05) is 26.3 Å². The fourth-order valence-electron chi connectivity index (χ4n) is 1.84. The topological polar surface area (TPSA) is 68.8 Å². The van der Waals surface area contributed by atoms with Gasteiger partial charge in [0.15, 0.2) is 6.73 Å². The lowest BCUT2D eigenvalue weighted by atomic mass is 10.2. The van der Waals surface area contributed by atoms with E-state index in [2.05, 4.69) is 10.6 Å². The van der Waals surface area contributed by atoms with Gasteiger partial charge in [0.2, 0.25) is 0 Å². The lowest BCUT2D eigenvalue weighted by molar-refractivity contribution is 0.234. The Morgan fingerprint density at radius 2 is 1.71 bits per heavy atom. The fraction of sp³-hybridized carbons (Fsp3) is 0.188. The molecule has 0 spiro atoms.